The molecule has 0 fully saturated rings. The highest BCUT2D eigenvalue weighted by Crippen LogP contribution is 2.20. The highest BCUT2D eigenvalue weighted by Gasteiger charge is 2.18. The molecule has 0 saturated carbocycles. The Bertz CT molecular complexity index is 566. The third-order valence-corrected chi connectivity index (χ3v) is 4.38. The fraction of sp³-hybridized carbons (Fsp3) is 0.474. The van der Waals surface area contributed by atoms with Gasteiger partial charge in [-0.2, -0.15) is 0 Å². The van der Waals surface area contributed by atoms with E-state index in [0.29, 0.717) is 6.54 Å². The van der Waals surface area contributed by atoms with E-state index < -0.39 is 0 Å². The van der Waals surface area contributed by atoms with E-state index >= 15 is 0 Å². The Balaban J connectivity index is 1.91. The number of para-hydroxylation sites is 1. The smallest absolute Gasteiger partial charge is 0.246 e. The van der Waals surface area contributed by atoms with Crippen molar-refractivity contribution in [3.05, 3.63) is 42.0 Å². The summed E-state index contributed by atoms with van der Waals surface area (Å²) in [5.74, 6) is -0.111. The molecular formula is C19H26N2O2. The Kier molecular flexibility index (Phi) is 6.39. The van der Waals surface area contributed by atoms with E-state index in [1.54, 1.807) is 16.8 Å². The number of likely N-dealkylation sites (N-methyl/N-ethyl adjacent to an activating group) is 1. The Morgan fingerprint density at radius 3 is 2.48 bits per heavy atom. The number of allylic oxidation sites excluding steroid dienone is 1. The maximum Gasteiger partial charge on any atom is 0.246 e. The van der Waals surface area contributed by atoms with Crippen LogP contribution in [0.25, 0.3) is 0 Å². The summed E-state index contributed by atoms with van der Waals surface area (Å²) >= 11 is 0. The molecule has 0 radical (unpaired) electrons. The van der Waals surface area contributed by atoms with Crippen molar-refractivity contribution in [1.29, 1.82) is 0 Å². The molecule has 0 N–H and O–H groups in total. The summed E-state index contributed by atoms with van der Waals surface area (Å²) in [6.07, 6.45) is 7.94. The predicted molar refractivity (Wildman–Crippen MR) is 93.3 cm³/mol. The molecule has 0 heterocycles. The standard InChI is InChI=1S/C19H26N2O2/c1-16(22)21(14-13-17-9-5-3-6-10-17)15-19(23)20(2)18-11-7-4-8-12-18/h4,7-9,11-12H,3,5-6,10,13-15H2,1-2H3. The normalized spacial score (nSPS) is 14.1. The largest absolute Gasteiger partial charge is 0.333 e. The van der Waals surface area contributed by atoms with Gasteiger partial charge in [-0.3, -0.25) is 9.59 Å². The van der Waals surface area contributed by atoms with Crippen molar-refractivity contribution in [3.63, 3.8) is 0 Å². The molecule has 1 aliphatic carbocycles. The quantitative estimate of drug-likeness (QED) is 0.755. The highest BCUT2D eigenvalue weighted by molar-refractivity contribution is 5.96. The van der Waals surface area contributed by atoms with E-state index in [2.05, 4.69) is 6.08 Å². The Morgan fingerprint density at radius 1 is 1.13 bits per heavy atom. The van der Waals surface area contributed by atoms with Gasteiger partial charge in [-0.05, 0) is 44.2 Å². The number of amides is 2. The predicted octanol–water partition coefficient (Wildman–Crippen LogP) is 3.39. The molecule has 4 heteroatoms. The molecule has 2 rings (SSSR count). The second kappa shape index (κ2) is 8.51. The summed E-state index contributed by atoms with van der Waals surface area (Å²) in [6.45, 7) is 2.29. The third-order valence-electron chi connectivity index (χ3n) is 4.38. The Hall–Kier alpha value is -2.10. The van der Waals surface area contributed by atoms with Gasteiger partial charge < -0.3 is 9.80 Å². The van der Waals surface area contributed by atoms with Crippen LogP contribution in [0.2, 0.25) is 0 Å². The minimum atomic E-state index is -0.0657. The lowest BCUT2D eigenvalue weighted by Crippen LogP contribution is -2.41. The van der Waals surface area contributed by atoms with Gasteiger partial charge in [-0.1, -0.05) is 29.8 Å². The molecule has 0 aromatic heterocycles. The molecule has 0 aliphatic heterocycles. The van der Waals surface area contributed by atoms with Crippen molar-refractivity contribution < 1.29 is 9.59 Å². The highest BCUT2D eigenvalue weighted by atomic mass is 16.2. The van der Waals surface area contributed by atoms with Crippen molar-refractivity contribution in [2.24, 2.45) is 0 Å². The number of carbonyl (C=O) groups is 2. The fourth-order valence-electron chi connectivity index (χ4n) is 2.82. The second-order valence-electron chi connectivity index (χ2n) is 6.09. The molecule has 124 valence electrons. The van der Waals surface area contributed by atoms with Gasteiger partial charge in [0.15, 0.2) is 0 Å². The zero-order chi connectivity index (χ0) is 16.7. The van der Waals surface area contributed by atoms with Gasteiger partial charge in [0.2, 0.25) is 11.8 Å². The Labute approximate surface area is 138 Å². The van der Waals surface area contributed by atoms with Crippen LogP contribution < -0.4 is 4.90 Å². The second-order valence-corrected chi connectivity index (χ2v) is 6.09. The van der Waals surface area contributed by atoms with Crippen LogP contribution in [0.15, 0.2) is 42.0 Å². The first-order valence-corrected chi connectivity index (χ1v) is 8.33. The van der Waals surface area contributed by atoms with Gasteiger partial charge in [0, 0.05) is 26.2 Å². The number of hydrogen-bond acceptors (Lipinski definition) is 2. The third kappa shape index (κ3) is 5.23. The minimum Gasteiger partial charge on any atom is -0.333 e. The van der Waals surface area contributed by atoms with Crippen molar-refractivity contribution in [2.75, 3.05) is 25.0 Å². The van der Waals surface area contributed by atoms with Gasteiger partial charge in [0.25, 0.3) is 0 Å². The molecule has 1 aliphatic rings. The van der Waals surface area contributed by atoms with Gasteiger partial charge in [-0.25, -0.2) is 0 Å². The van der Waals surface area contributed by atoms with Crippen LogP contribution in [0.4, 0.5) is 5.69 Å². The summed E-state index contributed by atoms with van der Waals surface area (Å²) in [4.78, 5) is 27.5. The topological polar surface area (TPSA) is 40.6 Å². The number of benzene rings is 1. The van der Waals surface area contributed by atoms with Crippen LogP contribution >= 0.6 is 0 Å². The van der Waals surface area contributed by atoms with Crippen LogP contribution in [0.3, 0.4) is 0 Å². The van der Waals surface area contributed by atoms with E-state index in [1.807, 2.05) is 30.3 Å². The van der Waals surface area contributed by atoms with E-state index in [-0.39, 0.29) is 18.4 Å². The van der Waals surface area contributed by atoms with Crippen molar-refractivity contribution in [3.8, 4) is 0 Å². The first-order valence-electron chi connectivity index (χ1n) is 8.33. The minimum absolute atomic E-state index is 0.0452. The summed E-state index contributed by atoms with van der Waals surface area (Å²) in [6, 6.07) is 9.50. The molecule has 0 saturated heterocycles. The lowest BCUT2D eigenvalue weighted by molar-refractivity contribution is -0.133. The molecule has 0 spiro atoms. The molecule has 1 aromatic rings. The van der Waals surface area contributed by atoms with E-state index in [4.69, 9.17) is 0 Å². The summed E-state index contributed by atoms with van der Waals surface area (Å²) < 4.78 is 0. The number of hydrogen-bond donors (Lipinski definition) is 0. The van der Waals surface area contributed by atoms with Crippen LogP contribution in [-0.4, -0.2) is 36.9 Å². The maximum atomic E-state index is 12.4. The summed E-state index contributed by atoms with van der Waals surface area (Å²) in [7, 11) is 1.75. The first-order chi connectivity index (χ1) is 11.1. The van der Waals surface area contributed by atoms with Crippen molar-refractivity contribution >= 4 is 17.5 Å². The van der Waals surface area contributed by atoms with Crippen molar-refractivity contribution in [1.82, 2.24) is 4.90 Å². The first kappa shape index (κ1) is 17.3. The average molecular weight is 314 g/mol. The molecule has 23 heavy (non-hydrogen) atoms. The molecule has 2 amide bonds. The monoisotopic (exact) mass is 314 g/mol. The van der Waals surface area contributed by atoms with Gasteiger partial charge in [-0.15, -0.1) is 0 Å². The molecular weight excluding hydrogens is 288 g/mol. The number of carbonyl (C=O) groups excluding carboxylic acids is 2. The molecule has 0 bridgehead atoms. The van der Waals surface area contributed by atoms with Gasteiger partial charge in [0.05, 0.1) is 0 Å². The lowest BCUT2D eigenvalue weighted by Gasteiger charge is -2.25. The van der Waals surface area contributed by atoms with Crippen LogP contribution in [0, 0.1) is 0 Å². The Morgan fingerprint density at radius 2 is 1.87 bits per heavy atom. The molecule has 1 aromatic carbocycles. The zero-order valence-electron chi connectivity index (χ0n) is 14.1. The lowest BCUT2D eigenvalue weighted by atomic mass is 9.97. The summed E-state index contributed by atoms with van der Waals surface area (Å²) in [5.41, 5.74) is 2.27. The zero-order valence-corrected chi connectivity index (χ0v) is 14.1. The van der Waals surface area contributed by atoms with Crippen LogP contribution in [-0.2, 0) is 9.59 Å². The number of nitrogens with zero attached hydrogens (tertiary/aromatic N) is 2. The van der Waals surface area contributed by atoms with Crippen LogP contribution in [0.1, 0.15) is 39.0 Å². The van der Waals surface area contributed by atoms with Crippen LogP contribution in [0.5, 0.6) is 0 Å². The number of anilines is 1. The van der Waals surface area contributed by atoms with E-state index in [0.717, 1.165) is 24.9 Å². The number of rotatable bonds is 6. The van der Waals surface area contributed by atoms with E-state index in [9.17, 15) is 9.59 Å². The SMILES string of the molecule is CC(=O)N(CCC1=CCCCC1)CC(=O)N(C)c1ccccc1. The molecule has 4 nitrogen and oxygen atoms in total. The summed E-state index contributed by atoms with van der Waals surface area (Å²) in [5, 5.41) is 0. The van der Waals surface area contributed by atoms with Crippen molar-refractivity contribution in [2.45, 2.75) is 39.0 Å². The molecule has 0 atom stereocenters. The van der Waals surface area contributed by atoms with E-state index in [1.165, 1.54) is 25.3 Å². The fourth-order valence-corrected chi connectivity index (χ4v) is 2.82. The van der Waals surface area contributed by atoms with Gasteiger partial charge >= 0.3 is 0 Å². The molecule has 0 unspecified atom stereocenters. The maximum absolute atomic E-state index is 12.4. The average Bonchev–Trinajstić information content (AvgIpc) is 2.59. The van der Waals surface area contributed by atoms with Gasteiger partial charge in [0.1, 0.15) is 6.54 Å².